The summed E-state index contributed by atoms with van der Waals surface area (Å²) < 4.78 is 0. The Balaban J connectivity index is 1.67. The van der Waals surface area contributed by atoms with Gasteiger partial charge in [-0.25, -0.2) is 4.98 Å². The zero-order chi connectivity index (χ0) is 17.8. The van der Waals surface area contributed by atoms with E-state index in [1.165, 1.54) is 18.0 Å². The molecular weight excluding hydrogens is 322 g/mol. The van der Waals surface area contributed by atoms with Gasteiger partial charge in [-0.15, -0.1) is 0 Å². The fourth-order valence-corrected chi connectivity index (χ4v) is 3.26. The Bertz CT molecular complexity index is 691. The number of carbonyl (C=O) groups is 2. The third kappa shape index (κ3) is 4.33. The van der Waals surface area contributed by atoms with Crippen molar-refractivity contribution >= 4 is 17.6 Å². The maximum Gasteiger partial charge on any atom is 0.268 e. The second-order valence-corrected chi connectivity index (χ2v) is 6.50. The fraction of sp³-hybridized carbons (Fsp3) is 0.529. The van der Waals surface area contributed by atoms with Crippen LogP contribution in [-0.2, 0) is 4.79 Å². The number of nitrogens with two attached hydrogens (primary N) is 1. The average molecular weight is 345 g/mol. The van der Waals surface area contributed by atoms with Crippen molar-refractivity contribution < 1.29 is 14.7 Å². The summed E-state index contributed by atoms with van der Waals surface area (Å²) >= 11 is 0. The number of nitrogens with zero attached hydrogens (tertiary/aromatic N) is 4. The molecule has 1 aromatic heterocycles. The summed E-state index contributed by atoms with van der Waals surface area (Å²) in [6.07, 6.45) is 7.88. The van der Waals surface area contributed by atoms with Crippen LogP contribution in [0, 0.1) is 0 Å². The Labute approximate surface area is 146 Å². The number of β-amino-alcohol motifs (C(OH)–C–C–N with tert-alkyl or cyclic N) is 1. The highest BCUT2D eigenvalue weighted by atomic mass is 16.3. The molecule has 0 saturated carbocycles. The first-order valence-electron chi connectivity index (χ1n) is 8.53. The molecule has 1 fully saturated rings. The average Bonchev–Trinajstić information content (AvgIpc) is 3.01. The second kappa shape index (κ2) is 7.60. The Morgan fingerprint density at radius 2 is 2.12 bits per heavy atom. The Morgan fingerprint density at radius 3 is 2.84 bits per heavy atom. The van der Waals surface area contributed by atoms with Crippen LogP contribution in [0.25, 0.3) is 0 Å². The molecule has 3 rings (SSSR count). The zero-order valence-corrected chi connectivity index (χ0v) is 14.1. The van der Waals surface area contributed by atoms with E-state index in [-0.39, 0.29) is 11.6 Å². The number of amides is 2. The number of hydrogen-bond donors (Lipinski definition) is 2. The lowest BCUT2D eigenvalue weighted by atomic mass is 10.1. The molecule has 2 amide bonds. The molecule has 0 unspecified atom stereocenters. The van der Waals surface area contributed by atoms with E-state index in [9.17, 15) is 14.7 Å². The van der Waals surface area contributed by atoms with Crippen LogP contribution in [-0.4, -0.2) is 64.1 Å². The molecule has 0 radical (unpaired) electrons. The number of aromatic nitrogens is 2. The molecule has 1 aliphatic carbocycles. The molecule has 1 aliphatic heterocycles. The van der Waals surface area contributed by atoms with Crippen LogP contribution < -0.4 is 10.6 Å². The summed E-state index contributed by atoms with van der Waals surface area (Å²) in [5.74, 6) is -0.125. The molecule has 1 atom stereocenters. The van der Waals surface area contributed by atoms with Gasteiger partial charge in [-0.1, -0.05) is 11.6 Å². The van der Waals surface area contributed by atoms with E-state index in [1.807, 2.05) is 4.90 Å². The van der Waals surface area contributed by atoms with Crippen molar-refractivity contribution in [1.82, 2.24) is 14.9 Å². The van der Waals surface area contributed by atoms with Crippen LogP contribution in [0.1, 0.15) is 36.2 Å². The second-order valence-electron chi connectivity index (χ2n) is 6.50. The minimum absolute atomic E-state index is 0.0472. The Kier molecular flexibility index (Phi) is 5.28. The lowest BCUT2D eigenvalue weighted by Crippen LogP contribution is -2.37. The van der Waals surface area contributed by atoms with E-state index in [1.54, 1.807) is 4.90 Å². The van der Waals surface area contributed by atoms with Crippen LogP contribution in [0.5, 0.6) is 0 Å². The van der Waals surface area contributed by atoms with Crippen molar-refractivity contribution in [2.45, 2.75) is 31.8 Å². The highest BCUT2D eigenvalue weighted by molar-refractivity contribution is 5.90. The van der Waals surface area contributed by atoms with Crippen molar-refractivity contribution in [2.75, 3.05) is 31.1 Å². The van der Waals surface area contributed by atoms with Crippen LogP contribution >= 0.6 is 0 Å². The van der Waals surface area contributed by atoms with Gasteiger partial charge in [0.1, 0.15) is 11.5 Å². The van der Waals surface area contributed by atoms with E-state index < -0.39 is 12.0 Å². The lowest BCUT2D eigenvalue weighted by molar-refractivity contribution is -0.131. The highest BCUT2D eigenvalue weighted by Crippen LogP contribution is 2.22. The number of allylic oxidation sites excluding steroid dienone is 1. The lowest BCUT2D eigenvalue weighted by Gasteiger charge is -2.22. The monoisotopic (exact) mass is 345 g/mol. The zero-order valence-electron chi connectivity index (χ0n) is 14.1. The highest BCUT2D eigenvalue weighted by Gasteiger charge is 2.26. The Morgan fingerprint density at radius 1 is 1.28 bits per heavy atom. The molecule has 0 aromatic carbocycles. The normalized spacial score (nSPS) is 21.0. The van der Waals surface area contributed by atoms with Gasteiger partial charge in [-0.05, 0) is 19.3 Å². The first-order valence-corrected chi connectivity index (χ1v) is 8.53. The van der Waals surface area contributed by atoms with Gasteiger partial charge in [-0.3, -0.25) is 14.6 Å². The van der Waals surface area contributed by atoms with Crippen LogP contribution in [0.4, 0.5) is 5.82 Å². The van der Waals surface area contributed by atoms with Crippen molar-refractivity contribution in [3.63, 3.8) is 0 Å². The number of hydrogen-bond acceptors (Lipinski definition) is 6. The van der Waals surface area contributed by atoms with Gasteiger partial charge < -0.3 is 20.6 Å². The third-order valence-corrected chi connectivity index (χ3v) is 4.57. The SMILES string of the molecule is NC(=O)c1cncc(N2CCN(C(=O)CC3=CCCC3)C[C@@H](O)C2)n1. The largest absolute Gasteiger partial charge is 0.389 e. The molecule has 25 heavy (non-hydrogen) atoms. The van der Waals surface area contributed by atoms with E-state index in [0.29, 0.717) is 38.4 Å². The number of rotatable bonds is 4. The summed E-state index contributed by atoms with van der Waals surface area (Å²) in [7, 11) is 0. The molecule has 2 aliphatic rings. The van der Waals surface area contributed by atoms with E-state index in [0.717, 1.165) is 19.3 Å². The number of primary amides is 1. The molecule has 8 heteroatoms. The van der Waals surface area contributed by atoms with Crippen LogP contribution in [0.2, 0.25) is 0 Å². The van der Waals surface area contributed by atoms with E-state index in [2.05, 4.69) is 16.0 Å². The molecule has 3 N–H and O–H groups in total. The van der Waals surface area contributed by atoms with Crippen molar-refractivity contribution in [1.29, 1.82) is 0 Å². The molecule has 1 aromatic rings. The molecule has 1 saturated heterocycles. The molecule has 0 spiro atoms. The van der Waals surface area contributed by atoms with Gasteiger partial charge in [0, 0.05) is 32.6 Å². The number of aliphatic hydroxyl groups excluding tert-OH is 1. The van der Waals surface area contributed by atoms with E-state index in [4.69, 9.17) is 5.73 Å². The topological polar surface area (TPSA) is 113 Å². The van der Waals surface area contributed by atoms with E-state index >= 15 is 0 Å². The van der Waals surface area contributed by atoms with Gasteiger partial charge >= 0.3 is 0 Å². The predicted octanol–water partition coefficient (Wildman–Crippen LogP) is 0.0854. The fourth-order valence-electron chi connectivity index (χ4n) is 3.26. The van der Waals surface area contributed by atoms with Crippen molar-refractivity contribution in [2.24, 2.45) is 5.73 Å². The van der Waals surface area contributed by atoms with Gasteiger partial charge in [0.15, 0.2) is 0 Å². The summed E-state index contributed by atoms with van der Waals surface area (Å²) in [5, 5.41) is 10.3. The molecule has 134 valence electrons. The maximum atomic E-state index is 12.5. The van der Waals surface area contributed by atoms with Crippen LogP contribution in [0.15, 0.2) is 24.0 Å². The van der Waals surface area contributed by atoms with Gasteiger partial charge in [0.25, 0.3) is 5.91 Å². The quantitative estimate of drug-likeness (QED) is 0.748. The van der Waals surface area contributed by atoms with Crippen LogP contribution in [0.3, 0.4) is 0 Å². The molecule has 0 bridgehead atoms. The molecule has 2 heterocycles. The number of carbonyl (C=O) groups excluding carboxylic acids is 2. The van der Waals surface area contributed by atoms with Gasteiger partial charge in [0.05, 0.1) is 18.5 Å². The minimum Gasteiger partial charge on any atom is -0.389 e. The minimum atomic E-state index is -0.692. The summed E-state index contributed by atoms with van der Waals surface area (Å²) in [6, 6.07) is 0. The standard InChI is InChI=1S/C17H23N5O3/c18-17(25)14-8-19-9-15(20-14)21-5-6-22(11-13(23)10-21)16(24)7-12-3-1-2-4-12/h3,8-9,13,23H,1-2,4-7,10-11H2,(H2,18,25)/t13-/m0/s1. The van der Waals surface area contributed by atoms with Gasteiger partial charge in [-0.2, -0.15) is 0 Å². The molecular formula is C17H23N5O3. The third-order valence-electron chi connectivity index (χ3n) is 4.57. The Hall–Kier alpha value is -2.48. The smallest absolute Gasteiger partial charge is 0.268 e. The summed E-state index contributed by atoms with van der Waals surface area (Å²) in [5.41, 5.74) is 6.52. The van der Waals surface area contributed by atoms with Gasteiger partial charge in [0.2, 0.25) is 5.91 Å². The summed E-state index contributed by atoms with van der Waals surface area (Å²) in [6.45, 7) is 1.62. The van der Waals surface area contributed by atoms with Crippen molar-refractivity contribution in [3.05, 3.63) is 29.7 Å². The first kappa shape index (κ1) is 17.3. The summed E-state index contributed by atoms with van der Waals surface area (Å²) in [4.78, 5) is 35.5. The van der Waals surface area contributed by atoms with Crippen molar-refractivity contribution in [3.8, 4) is 0 Å². The molecule has 8 nitrogen and oxygen atoms in total. The first-order chi connectivity index (χ1) is 12.0. The predicted molar refractivity (Wildman–Crippen MR) is 91.9 cm³/mol. The number of anilines is 1. The number of aliphatic hydroxyl groups is 1. The maximum absolute atomic E-state index is 12.5.